The van der Waals surface area contributed by atoms with Gasteiger partial charge in [-0.2, -0.15) is 0 Å². The van der Waals surface area contributed by atoms with E-state index in [0.29, 0.717) is 6.61 Å². The third-order valence-corrected chi connectivity index (χ3v) is 5.00. The van der Waals surface area contributed by atoms with Gasteiger partial charge in [-0.25, -0.2) is 0 Å². The van der Waals surface area contributed by atoms with Crippen molar-refractivity contribution in [3.05, 3.63) is 47.5 Å². The molecule has 0 saturated carbocycles. The fourth-order valence-corrected chi connectivity index (χ4v) is 3.52. The van der Waals surface area contributed by atoms with E-state index in [9.17, 15) is 0 Å². The summed E-state index contributed by atoms with van der Waals surface area (Å²) in [5.74, 6) is 1.71. The van der Waals surface area contributed by atoms with Gasteiger partial charge in [0.05, 0.1) is 25.1 Å². The van der Waals surface area contributed by atoms with Crippen molar-refractivity contribution < 1.29 is 14.2 Å². The van der Waals surface area contributed by atoms with E-state index in [1.54, 1.807) is 26.6 Å². The molecule has 3 heterocycles. The first-order valence-corrected chi connectivity index (χ1v) is 8.91. The lowest BCUT2D eigenvalue weighted by molar-refractivity contribution is 0.107. The van der Waals surface area contributed by atoms with E-state index in [1.165, 1.54) is 0 Å². The topological polar surface area (TPSA) is 56.7 Å². The van der Waals surface area contributed by atoms with Gasteiger partial charge >= 0.3 is 0 Å². The Morgan fingerprint density at radius 3 is 2.77 bits per heavy atom. The molecule has 0 aliphatic carbocycles. The Balaban J connectivity index is 1.72. The highest BCUT2D eigenvalue weighted by Crippen LogP contribution is 2.28. The Bertz CT molecular complexity index is 724. The lowest BCUT2D eigenvalue weighted by Gasteiger charge is -2.25. The zero-order chi connectivity index (χ0) is 18.5. The third-order valence-electron chi connectivity index (χ3n) is 5.00. The number of aromatic nitrogens is 2. The normalized spacial score (nSPS) is 20.3. The quantitative estimate of drug-likeness (QED) is 0.759. The average molecular weight is 357 g/mol. The molecule has 2 atom stereocenters. The van der Waals surface area contributed by atoms with Crippen molar-refractivity contribution in [1.29, 1.82) is 0 Å². The molecule has 1 fully saturated rings. The maximum atomic E-state index is 5.94. The van der Waals surface area contributed by atoms with Crippen LogP contribution in [0, 0.1) is 13.8 Å². The smallest absolute Gasteiger partial charge is 0.137 e. The molecule has 140 valence electrons. The second-order valence-corrected chi connectivity index (χ2v) is 6.72. The second-order valence-electron chi connectivity index (χ2n) is 6.72. The predicted octanol–water partition coefficient (Wildman–Crippen LogP) is 2.77. The van der Waals surface area contributed by atoms with Crippen LogP contribution >= 0.6 is 0 Å². The molecule has 6 heteroatoms. The molecular weight excluding hydrogens is 330 g/mol. The summed E-state index contributed by atoms with van der Waals surface area (Å²) in [7, 11) is 3.48. The maximum Gasteiger partial charge on any atom is 0.137 e. The van der Waals surface area contributed by atoms with E-state index in [1.807, 2.05) is 25.3 Å². The molecule has 2 aromatic rings. The molecule has 0 N–H and O–H groups in total. The largest absolute Gasteiger partial charge is 0.496 e. The van der Waals surface area contributed by atoms with Gasteiger partial charge in [-0.1, -0.05) is 0 Å². The minimum absolute atomic E-state index is 0.213. The van der Waals surface area contributed by atoms with Gasteiger partial charge in [-0.3, -0.25) is 14.9 Å². The van der Waals surface area contributed by atoms with Crippen LogP contribution in [0.4, 0.5) is 0 Å². The molecule has 1 aliphatic heterocycles. The molecule has 1 aliphatic rings. The van der Waals surface area contributed by atoms with Crippen LogP contribution in [0.2, 0.25) is 0 Å². The highest BCUT2D eigenvalue weighted by Gasteiger charge is 2.33. The molecule has 0 unspecified atom stereocenters. The molecule has 6 nitrogen and oxygen atoms in total. The van der Waals surface area contributed by atoms with Gasteiger partial charge in [-0.15, -0.1) is 0 Å². The fourth-order valence-electron chi connectivity index (χ4n) is 3.52. The van der Waals surface area contributed by atoms with E-state index < -0.39 is 0 Å². The van der Waals surface area contributed by atoms with E-state index >= 15 is 0 Å². The van der Waals surface area contributed by atoms with Crippen molar-refractivity contribution in [3.8, 4) is 11.5 Å². The number of ether oxygens (including phenoxy) is 3. The minimum Gasteiger partial charge on any atom is -0.496 e. The van der Waals surface area contributed by atoms with Gasteiger partial charge in [0, 0.05) is 49.8 Å². The first-order valence-electron chi connectivity index (χ1n) is 8.91. The van der Waals surface area contributed by atoms with Gasteiger partial charge in [0.25, 0.3) is 0 Å². The van der Waals surface area contributed by atoms with Crippen molar-refractivity contribution in [2.75, 3.05) is 27.4 Å². The predicted molar refractivity (Wildman–Crippen MR) is 99.6 cm³/mol. The Hall–Kier alpha value is -2.18. The monoisotopic (exact) mass is 357 g/mol. The molecule has 26 heavy (non-hydrogen) atoms. The van der Waals surface area contributed by atoms with Gasteiger partial charge < -0.3 is 14.2 Å². The highest BCUT2D eigenvalue weighted by atomic mass is 16.5. The Morgan fingerprint density at radius 1 is 1.23 bits per heavy atom. The number of hydrogen-bond acceptors (Lipinski definition) is 6. The molecule has 2 aromatic heterocycles. The summed E-state index contributed by atoms with van der Waals surface area (Å²) in [6, 6.07) is 4.08. The van der Waals surface area contributed by atoms with Crippen LogP contribution in [0.5, 0.6) is 11.5 Å². The summed E-state index contributed by atoms with van der Waals surface area (Å²) in [5.41, 5.74) is 3.19. The summed E-state index contributed by atoms with van der Waals surface area (Å²) in [6.45, 7) is 6.31. The van der Waals surface area contributed by atoms with Crippen LogP contribution in [0.25, 0.3) is 0 Å². The lowest BCUT2D eigenvalue weighted by Crippen LogP contribution is -2.34. The number of hydrogen-bond donors (Lipinski definition) is 0. The molecule has 0 bridgehead atoms. The Morgan fingerprint density at radius 2 is 2.08 bits per heavy atom. The van der Waals surface area contributed by atoms with Crippen molar-refractivity contribution in [3.63, 3.8) is 0 Å². The summed E-state index contributed by atoms with van der Waals surface area (Å²) in [6.07, 6.45) is 6.52. The molecule has 0 spiro atoms. The zero-order valence-electron chi connectivity index (χ0n) is 15.9. The number of nitrogens with zero attached hydrogens (tertiary/aromatic N) is 3. The fraction of sp³-hybridized carbons (Fsp3) is 0.500. The first-order chi connectivity index (χ1) is 12.6. The Labute approximate surface area is 155 Å². The van der Waals surface area contributed by atoms with Crippen molar-refractivity contribution in [2.45, 2.75) is 39.0 Å². The van der Waals surface area contributed by atoms with Crippen LogP contribution in [0.1, 0.15) is 23.2 Å². The van der Waals surface area contributed by atoms with Crippen LogP contribution in [0.15, 0.2) is 30.7 Å². The van der Waals surface area contributed by atoms with E-state index in [4.69, 9.17) is 14.2 Å². The third kappa shape index (κ3) is 4.14. The van der Waals surface area contributed by atoms with Crippen molar-refractivity contribution in [1.82, 2.24) is 14.9 Å². The number of methoxy groups -OCH3 is 2. The summed E-state index contributed by atoms with van der Waals surface area (Å²) >= 11 is 0. The van der Waals surface area contributed by atoms with E-state index in [2.05, 4.69) is 21.8 Å². The second kappa shape index (κ2) is 8.47. The highest BCUT2D eigenvalue weighted by molar-refractivity contribution is 5.41. The van der Waals surface area contributed by atoms with Crippen molar-refractivity contribution >= 4 is 0 Å². The number of aryl methyl sites for hydroxylation is 1. The number of pyridine rings is 2. The summed E-state index contributed by atoms with van der Waals surface area (Å²) < 4.78 is 17.1. The Kier molecular flexibility index (Phi) is 6.06. The standard InChI is InChI=1S/C20H27N3O3/c1-14-9-22-19(15(2)20(14)25-4)12-23-11-18(24-3)8-16(23)13-26-17-6-5-7-21-10-17/h5-7,9-10,16,18H,8,11-13H2,1-4H3/t16-,18+/m0/s1. The summed E-state index contributed by atoms with van der Waals surface area (Å²) in [4.78, 5) is 11.1. The number of rotatable bonds is 7. The molecule has 3 rings (SSSR count). The molecule has 0 radical (unpaired) electrons. The van der Waals surface area contributed by atoms with Crippen LogP contribution in [-0.4, -0.2) is 54.4 Å². The molecule has 0 aromatic carbocycles. The maximum absolute atomic E-state index is 5.94. The van der Waals surface area contributed by atoms with Crippen molar-refractivity contribution in [2.24, 2.45) is 0 Å². The molecule has 1 saturated heterocycles. The summed E-state index contributed by atoms with van der Waals surface area (Å²) in [5, 5.41) is 0. The van der Waals surface area contributed by atoms with Crippen LogP contribution in [0.3, 0.4) is 0 Å². The molecular formula is C20H27N3O3. The molecule has 0 amide bonds. The van der Waals surface area contributed by atoms with Crippen LogP contribution < -0.4 is 9.47 Å². The minimum atomic E-state index is 0.213. The van der Waals surface area contributed by atoms with E-state index in [-0.39, 0.29) is 12.1 Å². The number of likely N-dealkylation sites (tertiary alicyclic amines) is 1. The lowest BCUT2D eigenvalue weighted by atomic mass is 10.1. The van der Waals surface area contributed by atoms with Gasteiger partial charge in [0.1, 0.15) is 18.1 Å². The van der Waals surface area contributed by atoms with Crippen LogP contribution in [-0.2, 0) is 11.3 Å². The van der Waals surface area contributed by atoms with Gasteiger partial charge in [-0.05, 0) is 32.4 Å². The van der Waals surface area contributed by atoms with Gasteiger partial charge in [0.15, 0.2) is 0 Å². The zero-order valence-corrected chi connectivity index (χ0v) is 15.9. The van der Waals surface area contributed by atoms with Gasteiger partial charge in [0.2, 0.25) is 0 Å². The SMILES string of the molecule is COc1c(C)cnc(CN2C[C@H](OC)C[C@H]2COc2cccnc2)c1C. The average Bonchev–Trinajstić information content (AvgIpc) is 3.05. The van der Waals surface area contributed by atoms with E-state index in [0.717, 1.165) is 47.8 Å². The first kappa shape index (κ1) is 18.6.